The second kappa shape index (κ2) is 8.15. The lowest BCUT2D eigenvalue weighted by Gasteiger charge is -2.32. The van der Waals surface area contributed by atoms with Crippen LogP contribution in [0, 0.1) is 0 Å². The summed E-state index contributed by atoms with van der Waals surface area (Å²) in [6, 6.07) is 9.99. The van der Waals surface area contributed by atoms with Crippen LogP contribution in [0.3, 0.4) is 0 Å². The average molecular weight is 307 g/mol. The van der Waals surface area contributed by atoms with E-state index in [4.69, 9.17) is 4.74 Å². The number of methoxy groups -OCH3 is 1. The van der Waals surface area contributed by atoms with Gasteiger partial charge < -0.3 is 19.9 Å². The minimum absolute atomic E-state index is 0.00172. The van der Waals surface area contributed by atoms with Crippen molar-refractivity contribution in [1.29, 1.82) is 0 Å². The summed E-state index contributed by atoms with van der Waals surface area (Å²) in [5, 5.41) is 2.94. The molecule has 2 amide bonds. The Morgan fingerprint density at radius 3 is 2.32 bits per heavy atom. The Morgan fingerprint density at radius 2 is 1.82 bits per heavy atom. The van der Waals surface area contributed by atoms with Crippen molar-refractivity contribution in [3.05, 3.63) is 35.9 Å². The van der Waals surface area contributed by atoms with Gasteiger partial charge in [0.25, 0.3) is 0 Å². The van der Waals surface area contributed by atoms with Crippen LogP contribution in [0.25, 0.3) is 0 Å². The number of ether oxygens (including phenoxy) is 1. The molecule has 0 heterocycles. The van der Waals surface area contributed by atoms with Crippen molar-refractivity contribution in [3.8, 4) is 0 Å². The zero-order valence-corrected chi connectivity index (χ0v) is 14.6. The van der Waals surface area contributed by atoms with Crippen LogP contribution < -0.4 is 5.32 Å². The third-order valence-corrected chi connectivity index (χ3v) is 3.73. The quantitative estimate of drug-likeness (QED) is 0.841. The van der Waals surface area contributed by atoms with Gasteiger partial charge in [0, 0.05) is 27.2 Å². The fourth-order valence-electron chi connectivity index (χ4n) is 2.10. The molecule has 0 fully saturated rings. The first kappa shape index (κ1) is 18.5. The smallest absolute Gasteiger partial charge is 0.317 e. The highest BCUT2D eigenvalue weighted by atomic mass is 16.5. The van der Waals surface area contributed by atoms with Crippen molar-refractivity contribution in [3.63, 3.8) is 0 Å². The Morgan fingerprint density at radius 1 is 1.23 bits per heavy atom. The molecule has 1 atom stereocenters. The molecule has 1 rings (SSSR count). The average Bonchev–Trinajstić information content (AvgIpc) is 2.50. The van der Waals surface area contributed by atoms with E-state index in [0.717, 1.165) is 12.1 Å². The largest absolute Gasteiger partial charge is 0.377 e. The molecule has 0 aliphatic heterocycles. The van der Waals surface area contributed by atoms with E-state index >= 15 is 0 Å². The van der Waals surface area contributed by atoms with Crippen LogP contribution in [0.1, 0.15) is 25.5 Å². The molecular weight excluding hydrogens is 278 g/mol. The maximum Gasteiger partial charge on any atom is 0.317 e. The van der Waals surface area contributed by atoms with E-state index in [1.165, 1.54) is 0 Å². The molecule has 0 aromatic heterocycles. The zero-order valence-electron chi connectivity index (χ0n) is 14.6. The summed E-state index contributed by atoms with van der Waals surface area (Å²) in [6.45, 7) is 5.13. The van der Waals surface area contributed by atoms with Gasteiger partial charge in [0.1, 0.15) is 0 Å². The molecule has 0 aliphatic carbocycles. The number of likely N-dealkylation sites (N-methyl/N-ethyl adjacent to an activating group) is 2. The maximum atomic E-state index is 12.4. The number of benzene rings is 1. The zero-order chi connectivity index (χ0) is 16.8. The van der Waals surface area contributed by atoms with E-state index in [1.54, 1.807) is 12.0 Å². The molecule has 1 aromatic carbocycles. The van der Waals surface area contributed by atoms with Crippen LogP contribution in [-0.2, 0) is 4.74 Å². The van der Waals surface area contributed by atoms with Gasteiger partial charge in [0.05, 0.1) is 11.6 Å². The minimum atomic E-state index is -0.375. The van der Waals surface area contributed by atoms with Crippen LogP contribution in [0.2, 0.25) is 0 Å². The third-order valence-electron chi connectivity index (χ3n) is 3.73. The topological polar surface area (TPSA) is 44.8 Å². The van der Waals surface area contributed by atoms with Crippen LogP contribution in [0.4, 0.5) is 4.79 Å². The van der Waals surface area contributed by atoms with Gasteiger partial charge in [0.15, 0.2) is 0 Å². The van der Waals surface area contributed by atoms with E-state index in [9.17, 15) is 4.79 Å². The predicted molar refractivity (Wildman–Crippen MR) is 90.0 cm³/mol. The first-order chi connectivity index (χ1) is 10.3. The highest BCUT2D eigenvalue weighted by Crippen LogP contribution is 2.20. The van der Waals surface area contributed by atoms with Gasteiger partial charge in [-0.15, -0.1) is 0 Å². The van der Waals surface area contributed by atoms with Crippen LogP contribution in [0.5, 0.6) is 0 Å². The van der Waals surface area contributed by atoms with Crippen molar-refractivity contribution in [1.82, 2.24) is 15.1 Å². The number of hydrogen-bond donors (Lipinski definition) is 1. The SMILES string of the molecule is COC(C)(C)CNC(=O)N(C)C(CN(C)C)c1ccccc1. The Balaban J connectivity index is 2.79. The van der Waals surface area contributed by atoms with E-state index in [-0.39, 0.29) is 17.7 Å². The number of hydrogen-bond acceptors (Lipinski definition) is 3. The van der Waals surface area contributed by atoms with Crippen molar-refractivity contribution in [2.75, 3.05) is 41.3 Å². The summed E-state index contributed by atoms with van der Waals surface area (Å²) in [7, 11) is 7.50. The van der Waals surface area contributed by atoms with Gasteiger partial charge in [-0.1, -0.05) is 30.3 Å². The van der Waals surface area contributed by atoms with Gasteiger partial charge in [0.2, 0.25) is 0 Å². The van der Waals surface area contributed by atoms with Gasteiger partial charge in [-0.25, -0.2) is 4.79 Å². The molecule has 0 radical (unpaired) electrons. The highest BCUT2D eigenvalue weighted by molar-refractivity contribution is 5.74. The van der Waals surface area contributed by atoms with E-state index in [1.807, 2.05) is 53.2 Å². The second-order valence-electron chi connectivity index (χ2n) is 6.42. The van der Waals surface area contributed by atoms with Crippen molar-refractivity contribution >= 4 is 6.03 Å². The molecule has 22 heavy (non-hydrogen) atoms. The first-order valence-electron chi connectivity index (χ1n) is 7.52. The second-order valence-corrected chi connectivity index (χ2v) is 6.42. The number of amides is 2. The molecule has 1 unspecified atom stereocenters. The lowest BCUT2D eigenvalue weighted by atomic mass is 10.1. The maximum absolute atomic E-state index is 12.4. The molecule has 0 aliphatic rings. The minimum Gasteiger partial charge on any atom is -0.377 e. The molecule has 5 nitrogen and oxygen atoms in total. The van der Waals surface area contributed by atoms with Gasteiger partial charge >= 0.3 is 6.03 Å². The molecule has 0 saturated carbocycles. The molecular formula is C17H29N3O2. The molecule has 0 spiro atoms. The Bertz CT molecular complexity index is 460. The van der Waals surface area contributed by atoms with Gasteiger partial charge in [-0.05, 0) is 33.5 Å². The van der Waals surface area contributed by atoms with Crippen molar-refractivity contribution in [2.45, 2.75) is 25.5 Å². The number of nitrogens with one attached hydrogen (secondary N) is 1. The fourth-order valence-corrected chi connectivity index (χ4v) is 2.10. The van der Waals surface area contributed by atoms with E-state index < -0.39 is 0 Å². The number of rotatable bonds is 7. The summed E-state index contributed by atoms with van der Waals surface area (Å²) >= 11 is 0. The molecule has 0 saturated heterocycles. The third kappa shape index (κ3) is 5.66. The number of carbonyl (C=O) groups is 1. The summed E-state index contributed by atoms with van der Waals surface area (Å²) in [6.07, 6.45) is 0. The standard InChI is InChI=1S/C17H29N3O2/c1-17(2,22-6)13-18-16(21)20(5)15(12-19(3)4)14-10-8-7-9-11-14/h7-11,15H,12-13H2,1-6H3,(H,18,21). The van der Waals surface area contributed by atoms with Crippen LogP contribution in [0.15, 0.2) is 30.3 Å². The predicted octanol–water partition coefficient (Wildman–Crippen LogP) is 2.36. The number of carbonyl (C=O) groups excluding carboxylic acids is 1. The summed E-state index contributed by atoms with van der Waals surface area (Å²) in [5.74, 6) is 0. The van der Waals surface area contributed by atoms with Crippen LogP contribution >= 0.6 is 0 Å². The lowest BCUT2D eigenvalue weighted by molar-refractivity contribution is 0.0240. The van der Waals surface area contributed by atoms with E-state index in [0.29, 0.717) is 6.54 Å². The Hall–Kier alpha value is -1.59. The molecule has 0 bridgehead atoms. The fraction of sp³-hybridized carbons (Fsp3) is 0.588. The molecule has 5 heteroatoms. The molecule has 1 N–H and O–H groups in total. The normalized spacial score (nSPS) is 13.0. The molecule has 124 valence electrons. The number of nitrogens with zero attached hydrogens (tertiary/aromatic N) is 2. The number of urea groups is 1. The van der Waals surface area contributed by atoms with Gasteiger partial charge in [-0.2, -0.15) is 0 Å². The van der Waals surface area contributed by atoms with Gasteiger partial charge in [-0.3, -0.25) is 0 Å². The highest BCUT2D eigenvalue weighted by Gasteiger charge is 2.24. The summed E-state index contributed by atoms with van der Waals surface area (Å²) in [4.78, 5) is 16.3. The van der Waals surface area contributed by atoms with Crippen molar-refractivity contribution in [2.24, 2.45) is 0 Å². The van der Waals surface area contributed by atoms with E-state index in [2.05, 4.69) is 22.3 Å². The Kier molecular flexibility index (Phi) is 6.84. The monoisotopic (exact) mass is 307 g/mol. The first-order valence-corrected chi connectivity index (χ1v) is 7.52. The van der Waals surface area contributed by atoms with Crippen LogP contribution in [-0.4, -0.2) is 62.8 Å². The van der Waals surface area contributed by atoms with Crippen molar-refractivity contribution < 1.29 is 9.53 Å². The Labute approximate surface area is 134 Å². The summed E-state index contributed by atoms with van der Waals surface area (Å²) in [5.41, 5.74) is 0.750. The molecule has 1 aromatic rings. The summed E-state index contributed by atoms with van der Waals surface area (Å²) < 4.78 is 5.34. The lowest BCUT2D eigenvalue weighted by Crippen LogP contribution is -2.47.